The lowest BCUT2D eigenvalue weighted by molar-refractivity contribution is 0.102. The van der Waals surface area contributed by atoms with Gasteiger partial charge in [-0.15, -0.1) is 0 Å². The minimum atomic E-state index is -0.371. The fraction of sp³-hybridized carbons (Fsp3) is 0.143. The highest BCUT2D eigenvalue weighted by molar-refractivity contribution is 9.10. The van der Waals surface area contributed by atoms with E-state index >= 15 is 0 Å². The van der Waals surface area contributed by atoms with Gasteiger partial charge in [0.05, 0.1) is 27.6 Å². The first-order valence-corrected chi connectivity index (χ1v) is 7.72. The standard InChI is InChI=1S/C14H12BrCl2N3O/c1-2-18-9-3-4-12(19-7-9)14(21)20-13-10(16)5-8(15)6-11(13)17/h3-7,18H,2H2,1H3,(H,20,21). The molecule has 110 valence electrons. The molecule has 1 aromatic carbocycles. The number of carbonyl (C=O) groups is 1. The molecule has 0 saturated carbocycles. The van der Waals surface area contributed by atoms with E-state index in [0.717, 1.165) is 16.7 Å². The van der Waals surface area contributed by atoms with Crippen LogP contribution in [-0.4, -0.2) is 17.4 Å². The first-order chi connectivity index (χ1) is 10.0. The zero-order chi connectivity index (χ0) is 15.4. The molecule has 0 unspecified atom stereocenters. The Morgan fingerprint density at radius 2 is 1.95 bits per heavy atom. The molecule has 2 rings (SSSR count). The van der Waals surface area contributed by atoms with Crippen molar-refractivity contribution in [3.05, 3.63) is 50.7 Å². The molecule has 2 N–H and O–H groups in total. The SMILES string of the molecule is CCNc1ccc(C(=O)Nc2c(Cl)cc(Br)cc2Cl)nc1. The summed E-state index contributed by atoms with van der Waals surface area (Å²) in [4.78, 5) is 16.2. The second kappa shape index (κ2) is 7.11. The molecule has 0 bridgehead atoms. The van der Waals surface area contributed by atoms with Crippen LogP contribution in [0.3, 0.4) is 0 Å². The van der Waals surface area contributed by atoms with Gasteiger partial charge in [-0.3, -0.25) is 4.79 Å². The molecule has 0 aliphatic carbocycles. The van der Waals surface area contributed by atoms with Gasteiger partial charge in [-0.2, -0.15) is 0 Å². The number of nitrogens with one attached hydrogen (secondary N) is 2. The molecule has 4 nitrogen and oxygen atoms in total. The van der Waals surface area contributed by atoms with Gasteiger partial charge in [-0.25, -0.2) is 4.98 Å². The van der Waals surface area contributed by atoms with Crippen LogP contribution in [0.5, 0.6) is 0 Å². The Balaban J connectivity index is 2.18. The summed E-state index contributed by atoms with van der Waals surface area (Å²) >= 11 is 15.4. The molecule has 7 heteroatoms. The second-order valence-electron chi connectivity index (χ2n) is 4.16. The summed E-state index contributed by atoms with van der Waals surface area (Å²) in [6, 6.07) is 6.74. The smallest absolute Gasteiger partial charge is 0.274 e. The third kappa shape index (κ3) is 4.09. The van der Waals surface area contributed by atoms with Crippen molar-refractivity contribution >= 4 is 56.4 Å². The van der Waals surface area contributed by atoms with Gasteiger partial charge in [0, 0.05) is 11.0 Å². The largest absolute Gasteiger partial charge is 0.384 e. The first-order valence-electron chi connectivity index (χ1n) is 6.17. The van der Waals surface area contributed by atoms with E-state index < -0.39 is 0 Å². The Morgan fingerprint density at radius 1 is 1.29 bits per heavy atom. The van der Waals surface area contributed by atoms with E-state index in [4.69, 9.17) is 23.2 Å². The van der Waals surface area contributed by atoms with Crippen LogP contribution < -0.4 is 10.6 Å². The van der Waals surface area contributed by atoms with Crippen LogP contribution in [-0.2, 0) is 0 Å². The number of hydrogen-bond donors (Lipinski definition) is 2. The van der Waals surface area contributed by atoms with Gasteiger partial charge in [0.15, 0.2) is 0 Å². The zero-order valence-electron chi connectivity index (χ0n) is 11.1. The maximum Gasteiger partial charge on any atom is 0.274 e. The Bertz CT molecular complexity index is 639. The summed E-state index contributed by atoms with van der Waals surface area (Å²) in [5, 5.41) is 6.48. The maximum absolute atomic E-state index is 12.1. The highest BCUT2D eigenvalue weighted by Gasteiger charge is 2.13. The van der Waals surface area contributed by atoms with Crippen LogP contribution >= 0.6 is 39.1 Å². The monoisotopic (exact) mass is 387 g/mol. The second-order valence-corrected chi connectivity index (χ2v) is 5.89. The normalized spacial score (nSPS) is 10.3. The molecule has 1 amide bonds. The van der Waals surface area contributed by atoms with Crippen LogP contribution in [0, 0.1) is 0 Å². The summed E-state index contributed by atoms with van der Waals surface area (Å²) in [6.45, 7) is 2.77. The number of aromatic nitrogens is 1. The third-order valence-electron chi connectivity index (χ3n) is 2.62. The highest BCUT2D eigenvalue weighted by Crippen LogP contribution is 2.34. The highest BCUT2D eigenvalue weighted by atomic mass is 79.9. The van der Waals surface area contributed by atoms with Gasteiger partial charge in [0.2, 0.25) is 0 Å². The number of nitrogens with zero attached hydrogens (tertiary/aromatic N) is 1. The number of pyridine rings is 1. The van der Waals surface area contributed by atoms with Gasteiger partial charge < -0.3 is 10.6 Å². The van der Waals surface area contributed by atoms with Crippen molar-refractivity contribution in [1.29, 1.82) is 0 Å². The summed E-state index contributed by atoms with van der Waals surface area (Å²) in [6.07, 6.45) is 1.60. The average Bonchev–Trinajstić information content (AvgIpc) is 2.43. The predicted molar refractivity (Wildman–Crippen MR) is 90.5 cm³/mol. The van der Waals surface area contributed by atoms with Crippen LogP contribution in [0.15, 0.2) is 34.9 Å². The molecule has 21 heavy (non-hydrogen) atoms. The number of amides is 1. The molecule has 1 heterocycles. The van der Waals surface area contributed by atoms with E-state index in [-0.39, 0.29) is 11.6 Å². The fourth-order valence-corrected chi connectivity index (χ4v) is 2.98. The van der Waals surface area contributed by atoms with Crippen LogP contribution in [0.2, 0.25) is 10.0 Å². The number of carbonyl (C=O) groups excluding carboxylic acids is 1. The Kier molecular flexibility index (Phi) is 5.45. The molecule has 0 atom stereocenters. The number of hydrogen-bond acceptors (Lipinski definition) is 3. The van der Waals surface area contributed by atoms with Gasteiger partial charge >= 0.3 is 0 Å². The molecule has 0 radical (unpaired) electrons. The lowest BCUT2D eigenvalue weighted by Gasteiger charge is -2.10. The average molecular weight is 389 g/mol. The number of rotatable bonds is 4. The van der Waals surface area contributed by atoms with Crippen molar-refractivity contribution in [2.45, 2.75) is 6.92 Å². The Morgan fingerprint density at radius 3 is 2.48 bits per heavy atom. The zero-order valence-corrected chi connectivity index (χ0v) is 14.2. The van der Waals surface area contributed by atoms with Gasteiger partial charge in [-0.1, -0.05) is 39.1 Å². The fourth-order valence-electron chi connectivity index (χ4n) is 1.68. The lowest BCUT2D eigenvalue weighted by Crippen LogP contribution is -2.14. The Hall–Kier alpha value is -1.30. The molecular weight excluding hydrogens is 377 g/mol. The van der Waals surface area contributed by atoms with Crippen molar-refractivity contribution in [2.75, 3.05) is 17.2 Å². The quantitative estimate of drug-likeness (QED) is 0.788. The summed E-state index contributed by atoms with van der Waals surface area (Å²) in [5.74, 6) is -0.371. The van der Waals surface area contributed by atoms with E-state index in [9.17, 15) is 4.79 Å². The van der Waals surface area contributed by atoms with Crippen LogP contribution in [0.4, 0.5) is 11.4 Å². The number of benzene rings is 1. The minimum absolute atomic E-state index is 0.284. The van der Waals surface area contributed by atoms with Gasteiger partial charge in [0.25, 0.3) is 5.91 Å². The summed E-state index contributed by atoms with van der Waals surface area (Å²) in [7, 11) is 0. The molecule has 0 fully saturated rings. The van der Waals surface area contributed by atoms with E-state index in [1.807, 2.05) is 6.92 Å². The van der Waals surface area contributed by atoms with Crippen molar-refractivity contribution in [3.8, 4) is 0 Å². The topological polar surface area (TPSA) is 54.0 Å². The Labute approximate surface area is 141 Å². The van der Waals surface area contributed by atoms with Crippen molar-refractivity contribution in [2.24, 2.45) is 0 Å². The predicted octanol–water partition coefficient (Wildman–Crippen LogP) is 4.84. The van der Waals surface area contributed by atoms with Crippen LogP contribution in [0.25, 0.3) is 0 Å². The number of anilines is 2. The lowest BCUT2D eigenvalue weighted by atomic mass is 10.2. The van der Waals surface area contributed by atoms with Crippen molar-refractivity contribution < 1.29 is 4.79 Å². The van der Waals surface area contributed by atoms with E-state index in [2.05, 4.69) is 31.5 Å². The molecule has 1 aromatic heterocycles. The van der Waals surface area contributed by atoms with E-state index in [0.29, 0.717) is 15.7 Å². The molecule has 2 aromatic rings. The molecule has 0 spiro atoms. The van der Waals surface area contributed by atoms with E-state index in [1.54, 1.807) is 30.5 Å². The molecule has 0 saturated heterocycles. The first kappa shape index (κ1) is 16.1. The molecular formula is C14H12BrCl2N3O. The van der Waals surface area contributed by atoms with Crippen molar-refractivity contribution in [3.63, 3.8) is 0 Å². The van der Waals surface area contributed by atoms with Crippen molar-refractivity contribution in [1.82, 2.24) is 4.98 Å². The number of halogens is 3. The van der Waals surface area contributed by atoms with E-state index in [1.165, 1.54) is 0 Å². The minimum Gasteiger partial charge on any atom is -0.384 e. The third-order valence-corrected chi connectivity index (χ3v) is 3.68. The van der Waals surface area contributed by atoms with Gasteiger partial charge in [-0.05, 0) is 31.2 Å². The van der Waals surface area contributed by atoms with Gasteiger partial charge in [0.1, 0.15) is 5.69 Å². The summed E-state index contributed by atoms with van der Waals surface area (Å²) < 4.78 is 0.739. The maximum atomic E-state index is 12.1. The molecule has 0 aliphatic heterocycles. The molecule has 0 aliphatic rings. The summed E-state index contributed by atoms with van der Waals surface area (Å²) in [5.41, 5.74) is 1.50. The van der Waals surface area contributed by atoms with Crippen LogP contribution in [0.1, 0.15) is 17.4 Å².